The Balaban J connectivity index is 2.09. The number of nitrogen functional groups attached to an aromatic ring is 1. The van der Waals surface area contributed by atoms with Crippen molar-refractivity contribution in [3.63, 3.8) is 0 Å². The standard InChI is InChI=1S/C13H19N3O/c1-9-11(5-4-6-12(9)14)13(17)16-7-10(8-16)15(2)3/h4-6,10H,7-8,14H2,1-3H3. The maximum atomic E-state index is 12.2. The summed E-state index contributed by atoms with van der Waals surface area (Å²) in [6, 6.07) is 5.99. The topological polar surface area (TPSA) is 49.6 Å². The number of likely N-dealkylation sites (tertiary alicyclic amines) is 1. The molecule has 1 aliphatic rings. The van der Waals surface area contributed by atoms with Crippen molar-refractivity contribution in [2.75, 3.05) is 32.9 Å². The van der Waals surface area contributed by atoms with Crippen LogP contribution < -0.4 is 5.73 Å². The minimum absolute atomic E-state index is 0.0906. The predicted molar refractivity (Wildman–Crippen MR) is 69.0 cm³/mol. The number of hydrogen-bond acceptors (Lipinski definition) is 3. The van der Waals surface area contributed by atoms with Gasteiger partial charge in [-0.3, -0.25) is 4.79 Å². The second-order valence-electron chi connectivity index (χ2n) is 4.85. The van der Waals surface area contributed by atoms with Crippen molar-refractivity contribution in [3.05, 3.63) is 29.3 Å². The summed E-state index contributed by atoms with van der Waals surface area (Å²) in [7, 11) is 4.08. The molecular weight excluding hydrogens is 214 g/mol. The zero-order valence-electron chi connectivity index (χ0n) is 10.6. The molecule has 1 heterocycles. The van der Waals surface area contributed by atoms with Gasteiger partial charge in [-0.2, -0.15) is 0 Å². The third-order valence-corrected chi connectivity index (χ3v) is 3.49. The van der Waals surface area contributed by atoms with E-state index in [0.717, 1.165) is 24.2 Å². The molecule has 1 saturated heterocycles. The Morgan fingerprint density at radius 2 is 2.06 bits per heavy atom. The lowest BCUT2D eigenvalue weighted by Crippen LogP contribution is -2.59. The van der Waals surface area contributed by atoms with Crippen LogP contribution in [0, 0.1) is 6.92 Å². The molecule has 1 fully saturated rings. The number of likely N-dealkylation sites (N-methyl/N-ethyl adjacent to an activating group) is 1. The molecule has 1 aromatic rings. The highest BCUT2D eigenvalue weighted by molar-refractivity contribution is 5.97. The third-order valence-electron chi connectivity index (χ3n) is 3.49. The lowest BCUT2D eigenvalue weighted by atomic mass is 10.0. The first-order chi connectivity index (χ1) is 8.00. The Morgan fingerprint density at radius 3 is 2.65 bits per heavy atom. The predicted octanol–water partition coefficient (Wildman–Crippen LogP) is 0.963. The highest BCUT2D eigenvalue weighted by atomic mass is 16.2. The number of carbonyl (C=O) groups excluding carboxylic acids is 1. The van der Waals surface area contributed by atoms with E-state index in [2.05, 4.69) is 4.90 Å². The van der Waals surface area contributed by atoms with E-state index >= 15 is 0 Å². The average Bonchev–Trinajstić information content (AvgIpc) is 2.19. The van der Waals surface area contributed by atoms with Gasteiger partial charge in [0.05, 0.1) is 0 Å². The first-order valence-corrected chi connectivity index (χ1v) is 5.81. The Morgan fingerprint density at radius 1 is 1.41 bits per heavy atom. The Labute approximate surface area is 102 Å². The molecule has 0 bridgehead atoms. The van der Waals surface area contributed by atoms with Gasteiger partial charge in [-0.05, 0) is 38.7 Å². The van der Waals surface area contributed by atoms with Gasteiger partial charge in [0.15, 0.2) is 0 Å². The minimum Gasteiger partial charge on any atom is -0.398 e. The van der Waals surface area contributed by atoms with Crippen LogP contribution in [0.1, 0.15) is 15.9 Å². The zero-order valence-corrected chi connectivity index (χ0v) is 10.6. The second-order valence-corrected chi connectivity index (χ2v) is 4.85. The van der Waals surface area contributed by atoms with Gasteiger partial charge in [-0.1, -0.05) is 6.07 Å². The second kappa shape index (κ2) is 4.37. The fourth-order valence-electron chi connectivity index (χ4n) is 2.00. The molecule has 1 aromatic carbocycles. The molecule has 0 spiro atoms. The summed E-state index contributed by atoms with van der Waals surface area (Å²) >= 11 is 0. The van der Waals surface area contributed by atoms with Crippen molar-refractivity contribution in [2.24, 2.45) is 0 Å². The fraction of sp³-hybridized carbons (Fsp3) is 0.462. The maximum Gasteiger partial charge on any atom is 0.254 e. The molecule has 2 rings (SSSR count). The lowest BCUT2D eigenvalue weighted by molar-refractivity contribution is 0.0399. The van der Waals surface area contributed by atoms with Crippen LogP contribution in [-0.4, -0.2) is 48.9 Å². The van der Waals surface area contributed by atoms with Gasteiger partial charge >= 0.3 is 0 Å². The summed E-state index contributed by atoms with van der Waals surface area (Å²) < 4.78 is 0. The molecular formula is C13H19N3O. The molecule has 0 atom stereocenters. The molecule has 0 aromatic heterocycles. The van der Waals surface area contributed by atoms with Gasteiger partial charge in [0, 0.05) is 30.4 Å². The van der Waals surface area contributed by atoms with Gasteiger partial charge in [0.25, 0.3) is 5.91 Å². The van der Waals surface area contributed by atoms with Crippen molar-refractivity contribution in [1.29, 1.82) is 0 Å². The van der Waals surface area contributed by atoms with Crippen LogP contribution in [0.2, 0.25) is 0 Å². The number of hydrogen-bond donors (Lipinski definition) is 1. The first kappa shape index (κ1) is 11.9. The van der Waals surface area contributed by atoms with E-state index in [4.69, 9.17) is 5.73 Å². The van der Waals surface area contributed by atoms with Crippen molar-refractivity contribution in [1.82, 2.24) is 9.80 Å². The fourth-order valence-corrected chi connectivity index (χ4v) is 2.00. The van der Waals surface area contributed by atoms with E-state index in [1.54, 1.807) is 0 Å². The Bertz CT molecular complexity index is 436. The maximum absolute atomic E-state index is 12.2. The van der Waals surface area contributed by atoms with E-state index < -0.39 is 0 Å². The zero-order chi connectivity index (χ0) is 12.6. The highest BCUT2D eigenvalue weighted by Crippen LogP contribution is 2.21. The number of nitrogens with zero attached hydrogens (tertiary/aromatic N) is 2. The van der Waals surface area contributed by atoms with Crippen LogP contribution in [0.5, 0.6) is 0 Å². The summed E-state index contributed by atoms with van der Waals surface area (Å²) in [6.45, 7) is 3.51. The molecule has 0 radical (unpaired) electrons. The molecule has 4 nitrogen and oxygen atoms in total. The SMILES string of the molecule is Cc1c(N)cccc1C(=O)N1CC(N(C)C)C1. The molecule has 0 saturated carbocycles. The number of carbonyl (C=O) groups is 1. The van der Waals surface area contributed by atoms with E-state index in [9.17, 15) is 4.79 Å². The van der Waals surface area contributed by atoms with Gasteiger partial charge in [0.2, 0.25) is 0 Å². The van der Waals surface area contributed by atoms with Gasteiger partial charge in [-0.25, -0.2) is 0 Å². The molecule has 0 unspecified atom stereocenters. The monoisotopic (exact) mass is 233 g/mol. The summed E-state index contributed by atoms with van der Waals surface area (Å²) in [5.74, 6) is 0.0906. The normalized spacial score (nSPS) is 16.1. The van der Waals surface area contributed by atoms with Crippen LogP contribution in [0.3, 0.4) is 0 Å². The molecule has 4 heteroatoms. The van der Waals surface area contributed by atoms with Crippen molar-refractivity contribution in [2.45, 2.75) is 13.0 Å². The highest BCUT2D eigenvalue weighted by Gasteiger charge is 2.32. The number of benzene rings is 1. The molecule has 0 aliphatic carbocycles. The van der Waals surface area contributed by atoms with Crippen molar-refractivity contribution < 1.29 is 4.79 Å². The number of rotatable bonds is 2. The third kappa shape index (κ3) is 2.13. The number of anilines is 1. The Kier molecular flexibility index (Phi) is 3.07. The van der Waals surface area contributed by atoms with Crippen molar-refractivity contribution in [3.8, 4) is 0 Å². The van der Waals surface area contributed by atoms with E-state index in [0.29, 0.717) is 11.7 Å². The summed E-state index contributed by atoms with van der Waals surface area (Å²) in [5.41, 5.74) is 8.10. The van der Waals surface area contributed by atoms with Gasteiger partial charge < -0.3 is 15.5 Å². The molecule has 92 valence electrons. The van der Waals surface area contributed by atoms with Crippen molar-refractivity contribution >= 4 is 11.6 Å². The smallest absolute Gasteiger partial charge is 0.254 e. The van der Waals surface area contributed by atoms with Crippen LogP contribution in [0.15, 0.2) is 18.2 Å². The van der Waals surface area contributed by atoms with Crippen LogP contribution in [0.25, 0.3) is 0 Å². The summed E-state index contributed by atoms with van der Waals surface area (Å²) in [4.78, 5) is 16.2. The summed E-state index contributed by atoms with van der Waals surface area (Å²) in [6.07, 6.45) is 0. The van der Waals surface area contributed by atoms with Crippen LogP contribution >= 0.6 is 0 Å². The molecule has 1 aliphatic heterocycles. The molecule has 2 N–H and O–H groups in total. The minimum atomic E-state index is 0.0906. The van der Waals surface area contributed by atoms with E-state index in [-0.39, 0.29) is 5.91 Å². The Hall–Kier alpha value is -1.55. The molecule has 17 heavy (non-hydrogen) atoms. The van der Waals surface area contributed by atoms with Crippen LogP contribution in [-0.2, 0) is 0 Å². The quantitative estimate of drug-likeness (QED) is 0.774. The van der Waals surface area contributed by atoms with E-state index in [1.165, 1.54) is 0 Å². The largest absolute Gasteiger partial charge is 0.398 e. The van der Waals surface area contributed by atoms with E-state index in [1.807, 2.05) is 44.1 Å². The van der Waals surface area contributed by atoms with Crippen LogP contribution in [0.4, 0.5) is 5.69 Å². The first-order valence-electron chi connectivity index (χ1n) is 5.81. The molecule has 1 amide bonds. The summed E-state index contributed by atoms with van der Waals surface area (Å²) in [5, 5.41) is 0. The van der Waals surface area contributed by atoms with Gasteiger partial charge in [0.1, 0.15) is 0 Å². The average molecular weight is 233 g/mol. The van der Waals surface area contributed by atoms with Gasteiger partial charge in [-0.15, -0.1) is 0 Å². The lowest BCUT2D eigenvalue weighted by Gasteiger charge is -2.43. The number of nitrogens with two attached hydrogens (primary N) is 1. The number of amides is 1.